The maximum atomic E-state index is 12.2. The molecule has 0 saturated carbocycles. The van der Waals surface area contributed by atoms with E-state index in [-0.39, 0.29) is 6.03 Å². The van der Waals surface area contributed by atoms with Gasteiger partial charge in [-0.2, -0.15) is 0 Å². The number of aromatic nitrogens is 2. The topological polar surface area (TPSA) is 85.4 Å². The molecule has 0 unspecified atom stereocenters. The minimum absolute atomic E-state index is 0.295. The molecule has 2 amide bonds. The Bertz CT molecular complexity index is 986. The molecule has 158 valence electrons. The summed E-state index contributed by atoms with van der Waals surface area (Å²) < 4.78 is 11.4. The molecule has 3 aromatic rings. The van der Waals surface area contributed by atoms with E-state index < -0.39 is 0 Å². The number of anilines is 2. The van der Waals surface area contributed by atoms with E-state index in [4.69, 9.17) is 9.47 Å². The van der Waals surface area contributed by atoms with Crippen LogP contribution in [0.25, 0.3) is 0 Å². The van der Waals surface area contributed by atoms with E-state index >= 15 is 0 Å². The number of hydrogen-bond donors (Lipinski definition) is 2. The first-order chi connectivity index (χ1) is 14.4. The molecule has 0 radical (unpaired) electrons. The third-order valence-electron chi connectivity index (χ3n) is 4.25. The highest BCUT2D eigenvalue weighted by Crippen LogP contribution is 2.28. The van der Waals surface area contributed by atoms with Gasteiger partial charge in [0.25, 0.3) is 0 Å². The third-order valence-corrected chi connectivity index (χ3v) is 5.06. The van der Waals surface area contributed by atoms with Crippen molar-refractivity contribution in [1.82, 2.24) is 10.2 Å². The van der Waals surface area contributed by atoms with Gasteiger partial charge >= 0.3 is 6.03 Å². The van der Waals surface area contributed by atoms with Crippen molar-refractivity contribution in [2.24, 2.45) is 0 Å². The molecule has 0 aliphatic carbocycles. The van der Waals surface area contributed by atoms with Gasteiger partial charge in [-0.15, -0.1) is 10.2 Å². The van der Waals surface area contributed by atoms with E-state index in [0.29, 0.717) is 35.0 Å². The van der Waals surface area contributed by atoms with E-state index in [1.807, 2.05) is 19.9 Å². The molecule has 2 aromatic carbocycles. The zero-order chi connectivity index (χ0) is 21.5. The molecular formula is C22H26N4O3S. The fourth-order valence-corrected chi connectivity index (χ4v) is 3.45. The van der Waals surface area contributed by atoms with E-state index in [9.17, 15) is 4.79 Å². The number of hydrogen-bond acceptors (Lipinski definition) is 6. The van der Waals surface area contributed by atoms with E-state index in [1.54, 1.807) is 24.3 Å². The van der Waals surface area contributed by atoms with Gasteiger partial charge < -0.3 is 14.8 Å². The highest BCUT2D eigenvalue weighted by Gasteiger charge is 2.12. The second-order valence-electron chi connectivity index (χ2n) is 7.02. The fraction of sp³-hybridized carbons (Fsp3) is 0.318. The van der Waals surface area contributed by atoms with Crippen LogP contribution in [0.5, 0.6) is 11.5 Å². The maximum absolute atomic E-state index is 12.2. The molecule has 0 bridgehead atoms. The number of amides is 2. The predicted molar refractivity (Wildman–Crippen MR) is 120 cm³/mol. The molecule has 0 saturated heterocycles. The molecule has 0 aliphatic rings. The molecular weight excluding hydrogens is 400 g/mol. The number of aryl methyl sites for hydroxylation is 1. The predicted octanol–water partition coefficient (Wildman–Crippen LogP) is 5.59. The molecule has 2 N–H and O–H groups in total. The lowest BCUT2D eigenvalue weighted by atomic mass is 10.0. The van der Waals surface area contributed by atoms with Gasteiger partial charge in [-0.1, -0.05) is 37.3 Å². The van der Waals surface area contributed by atoms with Crippen LogP contribution in [0.3, 0.4) is 0 Å². The molecule has 30 heavy (non-hydrogen) atoms. The molecule has 0 fully saturated rings. The second-order valence-corrected chi connectivity index (χ2v) is 8.08. The Morgan fingerprint density at radius 1 is 1.07 bits per heavy atom. The average Bonchev–Trinajstić information content (AvgIpc) is 3.15. The zero-order valence-electron chi connectivity index (χ0n) is 17.6. The van der Waals surface area contributed by atoms with Crippen LogP contribution in [0.15, 0.2) is 42.5 Å². The summed E-state index contributed by atoms with van der Waals surface area (Å²) in [5.41, 5.74) is 2.95. The number of carbonyl (C=O) groups excluding carboxylic acids is 1. The number of carbonyl (C=O) groups is 1. The lowest BCUT2D eigenvalue weighted by Gasteiger charge is -2.13. The quantitative estimate of drug-likeness (QED) is 0.490. The van der Waals surface area contributed by atoms with Crippen LogP contribution in [0, 0.1) is 6.92 Å². The van der Waals surface area contributed by atoms with Gasteiger partial charge in [0.2, 0.25) is 5.13 Å². The van der Waals surface area contributed by atoms with Gasteiger partial charge in [0, 0.05) is 5.69 Å². The van der Waals surface area contributed by atoms with Crippen LogP contribution < -0.4 is 20.1 Å². The van der Waals surface area contributed by atoms with Gasteiger partial charge in [0.05, 0.1) is 6.61 Å². The molecule has 0 atom stereocenters. The number of urea groups is 1. The highest BCUT2D eigenvalue weighted by molar-refractivity contribution is 7.15. The molecule has 8 heteroatoms. The van der Waals surface area contributed by atoms with Crippen molar-refractivity contribution in [2.75, 3.05) is 17.2 Å². The highest BCUT2D eigenvalue weighted by atomic mass is 32.1. The smallest absolute Gasteiger partial charge is 0.325 e. The normalized spacial score (nSPS) is 10.7. The van der Waals surface area contributed by atoms with Gasteiger partial charge in [0.15, 0.2) is 5.01 Å². The SMILES string of the molecule is CCOc1ccc(NC(=O)Nc2nnc(COc3cc(C)ccc3C(C)C)s2)cc1. The molecule has 0 spiro atoms. The maximum Gasteiger partial charge on any atom is 0.325 e. The van der Waals surface area contributed by atoms with Crippen LogP contribution in [-0.4, -0.2) is 22.8 Å². The van der Waals surface area contributed by atoms with Crippen molar-refractivity contribution in [3.05, 3.63) is 58.6 Å². The average molecular weight is 427 g/mol. The lowest BCUT2D eigenvalue weighted by Crippen LogP contribution is -2.19. The number of rotatable bonds is 8. The first kappa shape index (κ1) is 21.6. The van der Waals surface area contributed by atoms with Crippen molar-refractivity contribution >= 4 is 28.2 Å². The summed E-state index contributed by atoms with van der Waals surface area (Å²) in [4.78, 5) is 12.2. The molecule has 1 aromatic heterocycles. The fourth-order valence-electron chi connectivity index (χ4n) is 2.81. The molecule has 1 heterocycles. The van der Waals surface area contributed by atoms with Gasteiger partial charge in [-0.25, -0.2) is 4.79 Å². The zero-order valence-corrected chi connectivity index (χ0v) is 18.4. The van der Waals surface area contributed by atoms with Crippen LogP contribution in [0.1, 0.15) is 42.8 Å². The van der Waals surface area contributed by atoms with Crippen molar-refractivity contribution in [1.29, 1.82) is 0 Å². The van der Waals surface area contributed by atoms with E-state index in [1.165, 1.54) is 11.3 Å². The Kier molecular flexibility index (Phi) is 7.24. The summed E-state index contributed by atoms with van der Waals surface area (Å²) in [6.07, 6.45) is 0. The van der Waals surface area contributed by atoms with Gasteiger partial charge in [-0.3, -0.25) is 5.32 Å². The second kappa shape index (κ2) is 10.1. The number of nitrogens with zero attached hydrogens (tertiary/aromatic N) is 2. The first-order valence-corrected chi connectivity index (χ1v) is 10.6. The first-order valence-electron chi connectivity index (χ1n) is 9.81. The third kappa shape index (κ3) is 5.93. The summed E-state index contributed by atoms with van der Waals surface area (Å²) in [6, 6.07) is 13.0. The molecule has 3 rings (SSSR count). The Morgan fingerprint density at radius 2 is 1.83 bits per heavy atom. The van der Waals surface area contributed by atoms with Crippen molar-refractivity contribution in [3.63, 3.8) is 0 Å². The van der Waals surface area contributed by atoms with Crippen LogP contribution >= 0.6 is 11.3 Å². The Hall–Kier alpha value is -3.13. The van der Waals surface area contributed by atoms with Gasteiger partial charge in [-0.05, 0) is 61.2 Å². The Balaban J connectivity index is 1.55. The summed E-state index contributed by atoms with van der Waals surface area (Å²) in [6.45, 7) is 9.11. The van der Waals surface area contributed by atoms with Gasteiger partial charge in [0.1, 0.15) is 18.1 Å². The van der Waals surface area contributed by atoms with Crippen molar-refractivity contribution in [3.8, 4) is 11.5 Å². The number of benzene rings is 2. The minimum atomic E-state index is -0.386. The van der Waals surface area contributed by atoms with Crippen LogP contribution in [0.2, 0.25) is 0 Å². The molecule has 0 aliphatic heterocycles. The Morgan fingerprint density at radius 3 is 2.53 bits per heavy atom. The monoisotopic (exact) mass is 426 g/mol. The van der Waals surface area contributed by atoms with Crippen LogP contribution in [-0.2, 0) is 6.61 Å². The summed E-state index contributed by atoms with van der Waals surface area (Å²) in [5, 5.41) is 14.7. The number of ether oxygens (including phenoxy) is 2. The molecule has 7 nitrogen and oxygen atoms in total. The lowest BCUT2D eigenvalue weighted by molar-refractivity contribution is 0.262. The summed E-state index contributed by atoms with van der Waals surface area (Å²) in [7, 11) is 0. The van der Waals surface area contributed by atoms with E-state index in [2.05, 4.69) is 46.8 Å². The van der Waals surface area contributed by atoms with E-state index in [0.717, 1.165) is 22.6 Å². The standard InChI is InChI=1S/C22H26N4O3S/c1-5-28-17-9-7-16(8-10-17)23-21(27)24-22-26-25-20(30-22)13-29-19-12-15(4)6-11-18(19)14(2)3/h6-12,14H,5,13H2,1-4H3,(H2,23,24,26,27). The number of nitrogens with one attached hydrogen (secondary N) is 2. The van der Waals surface area contributed by atoms with Crippen molar-refractivity contribution < 1.29 is 14.3 Å². The summed E-state index contributed by atoms with van der Waals surface area (Å²) >= 11 is 1.28. The minimum Gasteiger partial charge on any atom is -0.494 e. The summed E-state index contributed by atoms with van der Waals surface area (Å²) in [5.74, 6) is 1.97. The van der Waals surface area contributed by atoms with Crippen molar-refractivity contribution in [2.45, 2.75) is 40.2 Å². The Labute approximate surface area is 180 Å². The van der Waals surface area contributed by atoms with Crippen LogP contribution in [0.4, 0.5) is 15.6 Å². The largest absolute Gasteiger partial charge is 0.494 e.